The first-order chi connectivity index (χ1) is 9.60. The number of carbonyl (C=O) groups excluding carboxylic acids is 1. The Kier molecular flexibility index (Phi) is 5.28. The van der Waals surface area contributed by atoms with Crippen molar-refractivity contribution in [3.8, 4) is 0 Å². The number of hydrogen-bond acceptors (Lipinski definition) is 4. The Hall–Kier alpha value is -1.24. The van der Waals surface area contributed by atoms with Crippen LogP contribution in [0.15, 0.2) is 24.3 Å². The molecule has 1 amide bonds. The van der Waals surface area contributed by atoms with Crippen molar-refractivity contribution >= 4 is 16.7 Å². The van der Waals surface area contributed by atoms with Gasteiger partial charge in [0, 0.05) is 41.9 Å². The van der Waals surface area contributed by atoms with E-state index in [-0.39, 0.29) is 11.8 Å². The maximum Gasteiger partial charge on any atom is 0.241 e. The standard InChI is InChI=1S/C14H21N3O2S/c1-11(14(18)16-15)13-4-2-12(3-5-13)10-17-6-8-20(19)9-7-17/h2-5,11H,6-10,15H2,1H3,(H,16,18). The SMILES string of the molecule is CC(C(=O)NN)c1ccc(CN2CCS(=O)CC2)cc1. The van der Waals surface area contributed by atoms with Crippen LogP contribution in [0.5, 0.6) is 0 Å². The second kappa shape index (κ2) is 6.97. The molecule has 2 rings (SSSR count). The van der Waals surface area contributed by atoms with Gasteiger partial charge in [0.05, 0.1) is 5.92 Å². The number of nitrogens with zero attached hydrogens (tertiary/aromatic N) is 1. The van der Waals surface area contributed by atoms with E-state index in [0.29, 0.717) is 0 Å². The number of nitrogens with two attached hydrogens (primary N) is 1. The summed E-state index contributed by atoms with van der Waals surface area (Å²) in [6.07, 6.45) is 0. The Morgan fingerprint density at radius 2 is 1.95 bits per heavy atom. The van der Waals surface area contributed by atoms with Gasteiger partial charge >= 0.3 is 0 Å². The minimum absolute atomic E-state index is 0.184. The summed E-state index contributed by atoms with van der Waals surface area (Å²) in [5, 5.41) is 0. The third-order valence-electron chi connectivity index (χ3n) is 3.69. The van der Waals surface area contributed by atoms with E-state index < -0.39 is 10.8 Å². The van der Waals surface area contributed by atoms with E-state index >= 15 is 0 Å². The minimum Gasteiger partial charge on any atom is -0.297 e. The fraction of sp³-hybridized carbons (Fsp3) is 0.500. The Morgan fingerprint density at radius 3 is 2.50 bits per heavy atom. The zero-order valence-electron chi connectivity index (χ0n) is 11.7. The van der Waals surface area contributed by atoms with Crippen molar-refractivity contribution in [2.24, 2.45) is 5.84 Å². The largest absolute Gasteiger partial charge is 0.297 e. The van der Waals surface area contributed by atoms with Crippen LogP contribution in [-0.2, 0) is 22.1 Å². The number of carbonyl (C=O) groups is 1. The van der Waals surface area contributed by atoms with Gasteiger partial charge in [-0.25, -0.2) is 5.84 Å². The molecular formula is C14H21N3O2S. The Balaban J connectivity index is 1.94. The number of amides is 1. The maximum absolute atomic E-state index is 11.5. The summed E-state index contributed by atoms with van der Waals surface area (Å²) in [5.74, 6) is 6.26. The summed E-state index contributed by atoms with van der Waals surface area (Å²) in [6.45, 7) is 4.48. The molecule has 1 atom stereocenters. The molecule has 3 N–H and O–H groups in total. The second-order valence-electron chi connectivity index (χ2n) is 5.10. The lowest BCUT2D eigenvalue weighted by atomic mass is 9.99. The first kappa shape index (κ1) is 15.2. The van der Waals surface area contributed by atoms with Crippen molar-refractivity contribution in [2.45, 2.75) is 19.4 Å². The summed E-state index contributed by atoms with van der Waals surface area (Å²) < 4.78 is 11.3. The van der Waals surface area contributed by atoms with Gasteiger partial charge < -0.3 is 0 Å². The number of nitrogens with one attached hydrogen (secondary N) is 1. The normalized spacial score (nSPS) is 18.7. The summed E-state index contributed by atoms with van der Waals surface area (Å²) >= 11 is 0. The zero-order valence-corrected chi connectivity index (χ0v) is 12.5. The maximum atomic E-state index is 11.5. The molecule has 5 nitrogen and oxygen atoms in total. The van der Waals surface area contributed by atoms with Crippen LogP contribution in [0, 0.1) is 0 Å². The molecule has 0 radical (unpaired) electrons. The molecule has 1 heterocycles. The van der Waals surface area contributed by atoms with Gasteiger partial charge in [-0.2, -0.15) is 0 Å². The van der Waals surface area contributed by atoms with E-state index in [1.54, 1.807) is 0 Å². The minimum atomic E-state index is -0.633. The molecule has 1 aromatic carbocycles. The fourth-order valence-electron chi connectivity index (χ4n) is 2.28. The Bertz CT molecular complexity index is 480. The van der Waals surface area contributed by atoms with Crippen LogP contribution < -0.4 is 11.3 Å². The summed E-state index contributed by atoms with van der Waals surface area (Å²) in [4.78, 5) is 13.8. The fourth-order valence-corrected chi connectivity index (χ4v) is 3.41. The van der Waals surface area contributed by atoms with Crippen LogP contribution in [-0.4, -0.2) is 39.6 Å². The highest BCUT2D eigenvalue weighted by atomic mass is 32.2. The molecule has 1 unspecified atom stereocenters. The topological polar surface area (TPSA) is 75.4 Å². The first-order valence-corrected chi connectivity index (χ1v) is 8.25. The third kappa shape index (κ3) is 3.88. The van der Waals surface area contributed by atoms with Crippen molar-refractivity contribution in [3.63, 3.8) is 0 Å². The molecule has 110 valence electrons. The van der Waals surface area contributed by atoms with Crippen LogP contribution in [0.25, 0.3) is 0 Å². The van der Waals surface area contributed by atoms with E-state index in [0.717, 1.165) is 36.7 Å². The van der Waals surface area contributed by atoms with Crippen molar-refractivity contribution in [1.29, 1.82) is 0 Å². The molecule has 1 fully saturated rings. The molecule has 1 saturated heterocycles. The van der Waals surface area contributed by atoms with Gasteiger partial charge in [0.2, 0.25) is 5.91 Å². The zero-order chi connectivity index (χ0) is 14.5. The molecule has 20 heavy (non-hydrogen) atoms. The Morgan fingerprint density at radius 1 is 1.35 bits per heavy atom. The van der Waals surface area contributed by atoms with Gasteiger partial charge in [0.15, 0.2) is 0 Å². The molecule has 0 spiro atoms. The van der Waals surface area contributed by atoms with Crippen molar-refractivity contribution in [3.05, 3.63) is 35.4 Å². The van der Waals surface area contributed by atoms with Gasteiger partial charge in [-0.1, -0.05) is 24.3 Å². The van der Waals surface area contributed by atoms with Crippen molar-refractivity contribution in [2.75, 3.05) is 24.6 Å². The monoisotopic (exact) mass is 295 g/mol. The van der Waals surface area contributed by atoms with E-state index in [1.807, 2.05) is 31.2 Å². The smallest absolute Gasteiger partial charge is 0.241 e. The lowest BCUT2D eigenvalue weighted by Crippen LogP contribution is -2.37. The lowest BCUT2D eigenvalue weighted by molar-refractivity contribution is -0.122. The summed E-state index contributed by atoms with van der Waals surface area (Å²) in [7, 11) is -0.633. The molecular weight excluding hydrogens is 274 g/mol. The van der Waals surface area contributed by atoms with Crippen LogP contribution in [0.4, 0.5) is 0 Å². The van der Waals surface area contributed by atoms with Crippen LogP contribution in [0.3, 0.4) is 0 Å². The Labute approximate surface area is 122 Å². The van der Waals surface area contributed by atoms with Crippen LogP contribution in [0.1, 0.15) is 24.0 Å². The van der Waals surface area contributed by atoms with Gasteiger partial charge in [-0.15, -0.1) is 0 Å². The van der Waals surface area contributed by atoms with Crippen molar-refractivity contribution in [1.82, 2.24) is 10.3 Å². The molecule has 0 bridgehead atoms. The van der Waals surface area contributed by atoms with Gasteiger partial charge in [-0.3, -0.25) is 19.3 Å². The molecule has 0 saturated carbocycles. The average Bonchev–Trinajstić information content (AvgIpc) is 2.49. The molecule has 0 aliphatic carbocycles. The third-order valence-corrected chi connectivity index (χ3v) is 4.97. The highest BCUT2D eigenvalue weighted by Gasteiger charge is 2.16. The van der Waals surface area contributed by atoms with Crippen molar-refractivity contribution < 1.29 is 9.00 Å². The van der Waals surface area contributed by atoms with E-state index in [2.05, 4.69) is 10.3 Å². The highest BCUT2D eigenvalue weighted by Crippen LogP contribution is 2.17. The lowest BCUT2D eigenvalue weighted by Gasteiger charge is -2.26. The number of rotatable bonds is 4. The van der Waals surface area contributed by atoms with Gasteiger partial charge in [0.25, 0.3) is 0 Å². The van der Waals surface area contributed by atoms with Gasteiger partial charge in [-0.05, 0) is 18.1 Å². The number of hydrogen-bond donors (Lipinski definition) is 2. The predicted octanol–water partition coefficient (Wildman–Crippen LogP) is 0.344. The summed E-state index contributed by atoms with van der Waals surface area (Å²) in [6, 6.07) is 8.02. The second-order valence-corrected chi connectivity index (χ2v) is 6.79. The number of hydrazine groups is 1. The average molecular weight is 295 g/mol. The summed E-state index contributed by atoms with van der Waals surface area (Å²) in [5.41, 5.74) is 4.34. The molecule has 6 heteroatoms. The van der Waals surface area contributed by atoms with Crippen LogP contribution >= 0.6 is 0 Å². The van der Waals surface area contributed by atoms with E-state index in [9.17, 15) is 9.00 Å². The quantitative estimate of drug-likeness (QED) is 0.477. The molecule has 0 aromatic heterocycles. The van der Waals surface area contributed by atoms with E-state index in [4.69, 9.17) is 5.84 Å². The molecule has 1 aliphatic rings. The molecule has 1 aromatic rings. The van der Waals surface area contributed by atoms with Crippen LogP contribution in [0.2, 0.25) is 0 Å². The van der Waals surface area contributed by atoms with Gasteiger partial charge in [0.1, 0.15) is 0 Å². The number of benzene rings is 1. The first-order valence-electron chi connectivity index (χ1n) is 6.77. The molecule has 1 aliphatic heterocycles. The highest BCUT2D eigenvalue weighted by molar-refractivity contribution is 7.85. The van der Waals surface area contributed by atoms with E-state index in [1.165, 1.54) is 5.56 Å². The predicted molar refractivity (Wildman–Crippen MR) is 80.3 cm³/mol.